The van der Waals surface area contributed by atoms with Crippen LogP contribution in [0.15, 0.2) is 78.9 Å². The molecule has 0 aliphatic rings. The summed E-state index contributed by atoms with van der Waals surface area (Å²) in [6.45, 7) is 1.98. The molecule has 0 amide bonds. The maximum Gasteiger partial charge on any atom is 0.123 e. The van der Waals surface area contributed by atoms with Crippen molar-refractivity contribution < 1.29 is 5.11 Å². The van der Waals surface area contributed by atoms with E-state index in [0.29, 0.717) is 0 Å². The number of phenolic OH excluding ortho intramolecular Hbond substituents is 1. The Balaban J connectivity index is 1.96. The van der Waals surface area contributed by atoms with Crippen LogP contribution in [0, 0.1) is 6.92 Å². The zero-order chi connectivity index (χ0) is 16.5. The molecule has 0 spiro atoms. The van der Waals surface area contributed by atoms with Crippen molar-refractivity contribution in [2.24, 2.45) is 0 Å². The second-order valence-electron chi connectivity index (χ2n) is 5.93. The number of benzene rings is 3. The molecule has 4 rings (SSSR count). The highest BCUT2D eigenvalue weighted by Gasteiger charge is 2.11. The lowest BCUT2D eigenvalue weighted by atomic mass is 9.96. The molecule has 0 fully saturated rings. The van der Waals surface area contributed by atoms with Crippen molar-refractivity contribution in [1.29, 1.82) is 0 Å². The molecule has 0 saturated carbocycles. The molecule has 2 nitrogen and oxygen atoms in total. The lowest BCUT2D eigenvalue weighted by Gasteiger charge is -2.11. The first-order chi connectivity index (χ1) is 11.7. The van der Waals surface area contributed by atoms with Gasteiger partial charge in [0.05, 0.1) is 5.52 Å². The quantitative estimate of drug-likeness (QED) is 0.524. The van der Waals surface area contributed by atoms with E-state index in [-0.39, 0.29) is 5.75 Å². The number of hydrogen-bond donors (Lipinski definition) is 1. The molecule has 0 atom stereocenters. The van der Waals surface area contributed by atoms with E-state index < -0.39 is 0 Å². The lowest BCUT2D eigenvalue weighted by Crippen LogP contribution is -1.89. The molecule has 0 aliphatic carbocycles. The Morgan fingerprint density at radius 1 is 0.708 bits per heavy atom. The van der Waals surface area contributed by atoms with Crippen molar-refractivity contribution >= 4 is 10.9 Å². The van der Waals surface area contributed by atoms with Crippen molar-refractivity contribution in [2.75, 3.05) is 0 Å². The van der Waals surface area contributed by atoms with Crippen molar-refractivity contribution in [3.63, 3.8) is 0 Å². The molecule has 0 aliphatic heterocycles. The van der Waals surface area contributed by atoms with Crippen LogP contribution in [0.2, 0.25) is 0 Å². The topological polar surface area (TPSA) is 33.1 Å². The van der Waals surface area contributed by atoms with Crippen LogP contribution < -0.4 is 0 Å². The molecule has 0 unspecified atom stereocenters. The van der Waals surface area contributed by atoms with E-state index in [9.17, 15) is 5.11 Å². The Bertz CT molecular complexity index is 1020. The molecule has 0 radical (unpaired) electrons. The number of rotatable bonds is 2. The molecule has 1 N–H and O–H groups in total. The number of aromatic hydroxyl groups is 1. The fourth-order valence-corrected chi connectivity index (χ4v) is 3.02. The maximum atomic E-state index is 10.4. The average Bonchev–Trinajstić information content (AvgIpc) is 2.62. The maximum absolute atomic E-state index is 10.4. The molecule has 1 heterocycles. The number of nitrogens with zero attached hydrogens (tertiary/aromatic N) is 1. The number of pyridine rings is 1. The number of hydrogen-bond acceptors (Lipinski definition) is 2. The van der Waals surface area contributed by atoms with E-state index in [1.54, 1.807) is 6.07 Å². The van der Waals surface area contributed by atoms with Gasteiger partial charge in [0.1, 0.15) is 5.75 Å². The molecule has 2 heteroatoms. The van der Waals surface area contributed by atoms with E-state index in [1.807, 2.05) is 61.5 Å². The second-order valence-corrected chi connectivity index (χ2v) is 5.93. The lowest BCUT2D eigenvalue weighted by molar-refractivity contribution is 0.477. The number of aryl methyl sites for hydroxylation is 1. The normalized spacial score (nSPS) is 10.9. The van der Waals surface area contributed by atoms with Gasteiger partial charge in [-0.2, -0.15) is 0 Å². The van der Waals surface area contributed by atoms with Gasteiger partial charge < -0.3 is 5.11 Å². The minimum atomic E-state index is 0.269. The first-order valence-electron chi connectivity index (χ1n) is 7.97. The molecule has 116 valence electrons. The zero-order valence-corrected chi connectivity index (χ0v) is 13.4. The highest BCUT2D eigenvalue weighted by atomic mass is 16.3. The molecule has 24 heavy (non-hydrogen) atoms. The van der Waals surface area contributed by atoms with Crippen molar-refractivity contribution in [1.82, 2.24) is 4.98 Å². The summed E-state index contributed by atoms with van der Waals surface area (Å²) in [5, 5.41) is 11.5. The summed E-state index contributed by atoms with van der Waals surface area (Å²) in [5.74, 6) is 0.269. The number of para-hydroxylation sites is 1. The first-order valence-corrected chi connectivity index (χ1v) is 7.97. The van der Waals surface area contributed by atoms with E-state index in [2.05, 4.69) is 23.2 Å². The van der Waals surface area contributed by atoms with Crippen LogP contribution in [-0.2, 0) is 0 Å². The van der Waals surface area contributed by atoms with Crippen LogP contribution in [-0.4, -0.2) is 10.1 Å². The van der Waals surface area contributed by atoms with Gasteiger partial charge in [0.15, 0.2) is 0 Å². The van der Waals surface area contributed by atoms with Crippen molar-refractivity contribution in [3.8, 4) is 28.0 Å². The first kappa shape index (κ1) is 14.5. The molecule has 3 aromatic carbocycles. The van der Waals surface area contributed by atoms with Gasteiger partial charge in [-0.3, -0.25) is 4.98 Å². The predicted molar refractivity (Wildman–Crippen MR) is 99.0 cm³/mol. The van der Waals surface area contributed by atoms with E-state index in [4.69, 9.17) is 0 Å². The molecule has 1 aromatic heterocycles. The minimum absolute atomic E-state index is 0.269. The van der Waals surface area contributed by atoms with Crippen LogP contribution in [0.3, 0.4) is 0 Å². The van der Waals surface area contributed by atoms with Gasteiger partial charge in [0, 0.05) is 22.2 Å². The van der Waals surface area contributed by atoms with Crippen LogP contribution in [0.5, 0.6) is 5.75 Å². The fraction of sp³-hybridized carbons (Fsp3) is 0.0455. The van der Waals surface area contributed by atoms with Crippen molar-refractivity contribution in [2.45, 2.75) is 6.92 Å². The Hall–Kier alpha value is -3.13. The molecule has 4 aromatic rings. The standard InChI is InChI=1S/C22H17NO/c1-15-10-11-17-8-5-9-19(22(17)23-15)20-14-18(12-13-21(20)24)16-6-3-2-4-7-16/h2-14,24H,1H3. The SMILES string of the molecule is Cc1ccc2cccc(-c3cc(-c4ccccc4)ccc3O)c2n1. The molecular weight excluding hydrogens is 294 g/mol. The summed E-state index contributed by atoms with van der Waals surface area (Å²) in [5.41, 5.74) is 5.84. The number of fused-ring (bicyclic) bond motifs is 1. The summed E-state index contributed by atoms with van der Waals surface area (Å²) in [6.07, 6.45) is 0. The van der Waals surface area contributed by atoms with E-state index in [1.165, 1.54) is 0 Å². The summed E-state index contributed by atoms with van der Waals surface area (Å²) >= 11 is 0. The Morgan fingerprint density at radius 3 is 2.38 bits per heavy atom. The predicted octanol–water partition coefficient (Wildman–Crippen LogP) is 5.58. The number of aromatic nitrogens is 1. The third kappa shape index (κ3) is 2.52. The summed E-state index contributed by atoms with van der Waals surface area (Å²) in [6, 6.07) is 26.0. The fourth-order valence-electron chi connectivity index (χ4n) is 3.02. The summed E-state index contributed by atoms with van der Waals surface area (Å²) in [7, 11) is 0. The van der Waals surface area contributed by atoms with Gasteiger partial charge in [0.25, 0.3) is 0 Å². The Morgan fingerprint density at radius 2 is 1.54 bits per heavy atom. The van der Waals surface area contributed by atoms with Crippen LogP contribution >= 0.6 is 0 Å². The molecule has 0 bridgehead atoms. The van der Waals surface area contributed by atoms with Gasteiger partial charge in [-0.15, -0.1) is 0 Å². The summed E-state index contributed by atoms with van der Waals surface area (Å²) in [4.78, 5) is 4.68. The minimum Gasteiger partial charge on any atom is -0.507 e. The van der Waals surface area contributed by atoms with Gasteiger partial charge in [-0.1, -0.05) is 60.7 Å². The van der Waals surface area contributed by atoms with E-state index >= 15 is 0 Å². The van der Waals surface area contributed by atoms with Crippen LogP contribution in [0.25, 0.3) is 33.2 Å². The Kier molecular flexibility index (Phi) is 3.51. The van der Waals surface area contributed by atoms with Gasteiger partial charge in [-0.05, 0) is 36.2 Å². The van der Waals surface area contributed by atoms with Crippen LogP contribution in [0.4, 0.5) is 0 Å². The van der Waals surface area contributed by atoms with E-state index in [0.717, 1.165) is 38.9 Å². The third-order valence-electron chi connectivity index (χ3n) is 4.25. The zero-order valence-electron chi connectivity index (χ0n) is 13.4. The largest absolute Gasteiger partial charge is 0.507 e. The van der Waals surface area contributed by atoms with Gasteiger partial charge in [0.2, 0.25) is 0 Å². The Labute approximate surface area is 141 Å². The second kappa shape index (κ2) is 5.82. The average molecular weight is 311 g/mol. The van der Waals surface area contributed by atoms with Gasteiger partial charge >= 0.3 is 0 Å². The number of phenols is 1. The highest BCUT2D eigenvalue weighted by molar-refractivity contribution is 5.96. The summed E-state index contributed by atoms with van der Waals surface area (Å²) < 4.78 is 0. The molecule has 0 saturated heterocycles. The monoisotopic (exact) mass is 311 g/mol. The van der Waals surface area contributed by atoms with Gasteiger partial charge in [-0.25, -0.2) is 0 Å². The molecular formula is C22H17NO. The van der Waals surface area contributed by atoms with Crippen LogP contribution in [0.1, 0.15) is 5.69 Å². The smallest absolute Gasteiger partial charge is 0.123 e. The third-order valence-corrected chi connectivity index (χ3v) is 4.25. The highest BCUT2D eigenvalue weighted by Crippen LogP contribution is 2.36. The van der Waals surface area contributed by atoms with Crippen molar-refractivity contribution in [3.05, 3.63) is 84.6 Å².